The van der Waals surface area contributed by atoms with E-state index in [1.807, 2.05) is 0 Å². The lowest BCUT2D eigenvalue weighted by Gasteiger charge is -2.29. The Balaban J connectivity index is 0.00000196. The molecular formula is C18H22F2N4O2. The zero-order chi connectivity index (χ0) is 18.7. The van der Waals surface area contributed by atoms with Gasteiger partial charge in [-0.3, -0.25) is 9.78 Å². The molecule has 6 nitrogen and oxygen atoms in total. The summed E-state index contributed by atoms with van der Waals surface area (Å²) in [5.41, 5.74) is 1.68. The van der Waals surface area contributed by atoms with Gasteiger partial charge in [0.15, 0.2) is 0 Å². The molecule has 1 aromatic carbocycles. The molecule has 0 unspecified atom stereocenters. The van der Waals surface area contributed by atoms with Gasteiger partial charge in [-0.15, -0.1) is 0 Å². The van der Waals surface area contributed by atoms with Crippen LogP contribution in [0.25, 0.3) is 0 Å². The van der Waals surface area contributed by atoms with E-state index in [9.17, 15) is 18.4 Å². The average Bonchev–Trinajstić information content (AvgIpc) is 2.61. The smallest absolute Gasteiger partial charge is 0.322 e. The fraction of sp³-hybridized carbons (Fsp3) is 0.278. The molecule has 3 rings (SSSR count). The van der Waals surface area contributed by atoms with Crippen LogP contribution in [-0.4, -0.2) is 28.4 Å². The van der Waals surface area contributed by atoms with Crippen LogP contribution >= 0.6 is 0 Å². The summed E-state index contributed by atoms with van der Waals surface area (Å²) < 4.78 is 27.0. The van der Waals surface area contributed by atoms with Crippen LogP contribution < -0.4 is 10.6 Å². The number of pyridine rings is 1. The summed E-state index contributed by atoms with van der Waals surface area (Å²) in [5, 5.41) is 5.39. The van der Waals surface area contributed by atoms with Gasteiger partial charge < -0.3 is 15.5 Å². The average molecular weight is 364 g/mol. The van der Waals surface area contributed by atoms with Crippen molar-refractivity contribution in [3.8, 4) is 0 Å². The number of aromatic nitrogens is 1. The normalized spacial score (nSPS) is 14.4. The van der Waals surface area contributed by atoms with Crippen molar-refractivity contribution in [2.45, 2.75) is 25.9 Å². The standard InChI is InChI=1S/C18H18F2N4O2.2H2/c1-2-15(13-4-3-12(19)7-14(13)20)22-17(25)10-24-9-11-8-21-6-5-16(11)23-18(24)26;;/h3-8,15H,2,9-10H2,1H3,(H,22,25)(H,23,26);2*1H/t15-;;/m0../s1. The number of carbonyl (C=O) groups is 2. The van der Waals surface area contributed by atoms with Crippen molar-refractivity contribution in [3.63, 3.8) is 0 Å². The number of fused-ring (bicyclic) bond motifs is 1. The second-order valence-corrected chi connectivity index (χ2v) is 6.01. The molecule has 140 valence electrons. The van der Waals surface area contributed by atoms with Gasteiger partial charge in [-0.05, 0) is 18.6 Å². The maximum Gasteiger partial charge on any atom is 0.322 e. The molecule has 0 spiro atoms. The lowest BCUT2D eigenvalue weighted by Crippen LogP contribution is -2.45. The predicted octanol–water partition coefficient (Wildman–Crippen LogP) is 3.47. The Morgan fingerprint density at radius 2 is 2.23 bits per heavy atom. The summed E-state index contributed by atoms with van der Waals surface area (Å²) in [5.74, 6) is -1.82. The van der Waals surface area contributed by atoms with Gasteiger partial charge in [-0.25, -0.2) is 13.6 Å². The minimum atomic E-state index is -0.715. The van der Waals surface area contributed by atoms with Crippen LogP contribution in [0.15, 0.2) is 36.7 Å². The van der Waals surface area contributed by atoms with E-state index in [1.54, 1.807) is 25.4 Å². The van der Waals surface area contributed by atoms with E-state index >= 15 is 0 Å². The van der Waals surface area contributed by atoms with Crippen molar-refractivity contribution in [2.24, 2.45) is 0 Å². The number of hydrogen-bond acceptors (Lipinski definition) is 3. The lowest BCUT2D eigenvalue weighted by atomic mass is 10.0. The van der Waals surface area contributed by atoms with Crippen LogP contribution in [0.2, 0.25) is 0 Å². The fourth-order valence-electron chi connectivity index (χ4n) is 2.87. The Hall–Kier alpha value is -3.03. The first-order valence-electron chi connectivity index (χ1n) is 8.21. The van der Waals surface area contributed by atoms with Gasteiger partial charge in [-0.1, -0.05) is 13.0 Å². The van der Waals surface area contributed by atoms with Crippen molar-refractivity contribution in [2.75, 3.05) is 11.9 Å². The number of benzene rings is 1. The van der Waals surface area contributed by atoms with Gasteiger partial charge in [-0.2, -0.15) is 0 Å². The number of nitrogens with one attached hydrogen (secondary N) is 2. The summed E-state index contributed by atoms with van der Waals surface area (Å²) in [7, 11) is 0. The first-order valence-corrected chi connectivity index (χ1v) is 8.21. The third-order valence-electron chi connectivity index (χ3n) is 4.21. The summed E-state index contributed by atoms with van der Waals surface area (Å²) in [6, 6.07) is 3.94. The molecule has 26 heavy (non-hydrogen) atoms. The molecule has 1 aliphatic heterocycles. The number of amides is 3. The van der Waals surface area contributed by atoms with Crippen LogP contribution in [0.5, 0.6) is 0 Å². The molecule has 1 aromatic heterocycles. The second-order valence-electron chi connectivity index (χ2n) is 6.01. The summed E-state index contributed by atoms with van der Waals surface area (Å²) >= 11 is 0. The number of anilines is 1. The highest BCUT2D eigenvalue weighted by Crippen LogP contribution is 2.23. The van der Waals surface area contributed by atoms with Crippen molar-refractivity contribution < 1.29 is 21.2 Å². The van der Waals surface area contributed by atoms with Crippen molar-refractivity contribution in [3.05, 3.63) is 59.4 Å². The summed E-state index contributed by atoms with van der Waals surface area (Å²) in [6.07, 6.45) is 3.63. The number of carbonyl (C=O) groups excluding carboxylic acids is 2. The largest absolute Gasteiger partial charge is 0.348 e. The molecule has 2 heterocycles. The first kappa shape index (κ1) is 17.8. The van der Waals surface area contributed by atoms with Crippen molar-refractivity contribution in [1.29, 1.82) is 0 Å². The lowest BCUT2D eigenvalue weighted by molar-refractivity contribution is -0.122. The Bertz CT molecular complexity index is 854. The molecule has 0 bridgehead atoms. The molecule has 3 amide bonds. The second kappa shape index (κ2) is 7.47. The summed E-state index contributed by atoms with van der Waals surface area (Å²) in [6.45, 7) is 1.85. The predicted molar refractivity (Wildman–Crippen MR) is 95.4 cm³/mol. The molecule has 0 aliphatic carbocycles. The molecule has 0 fully saturated rings. The molecule has 0 saturated carbocycles. The first-order chi connectivity index (χ1) is 12.5. The van der Waals surface area contributed by atoms with Crippen LogP contribution in [0.4, 0.5) is 19.3 Å². The monoisotopic (exact) mass is 364 g/mol. The Morgan fingerprint density at radius 1 is 1.42 bits per heavy atom. The molecule has 2 aromatic rings. The Kier molecular flexibility index (Phi) is 5.11. The van der Waals surface area contributed by atoms with E-state index in [4.69, 9.17) is 0 Å². The van der Waals surface area contributed by atoms with E-state index in [0.717, 1.165) is 17.7 Å². The quantitative estimate of drug-likeness (QED) is 0.853. The SMILES string of the molecule is CC[C@H](NC(=O)CN1Cc2cnccc2NC1=O)c1ccc(F)cc1F.[HH].[HH]. The number of halogens is 2. The van der Waals surface area contributed by atoms with E-state index in [-0.39, 0.29) is 27.5 Å². The van der Waals surface area contributed by atoms with Crippen molar-refractivity contribution in [1.82, 2.24) is 15.2 Å². The highest BCUT2D eigenvalue weighted by Gasteiger charge is 2.25. The maximum absolute atomic E-state index is 14.0. The molecule has 0 radical (unpaired) electrons. The maximum atomic E-state index is 14.0. The van der Waals surface area contributed by atoms with Crippen LogP contribution in [0, 0.1) is 11.6 Å². The van der Waals surface area contributed by atoms with Gasteiger partial charge in [0.1, 0.15) is 18.2 Å². The molecule has 2 N–H and O–H groups in total. The van der Waals surface area contributed by atoms with Crippen LogP contribution in [0.1, 0.15) is 33.4 Å². The van der Waals surface area contributed by atoms with E-state index in [0.29, 0.717) is 12.1 Å². The Labute approximate surface area is 152 Å². The van der Waals surface area contributed by atoms with Gasteiger partial charge in [0, 0.05) is 32.4 Å². The van der Waals surface area contributed by atoms with Gasteiger partial charge >= 0.3 is 6.03 Å². The topological polar surface area (TPSA) is 74.3 Å². The van der Waals surface area contributed by atoms with Crippen LogP contribution in [0.3, 0.4) is 0 Å². The number of hydrogen-bond donors (Lipinski definition) is 2. The minimum Gasteiger partial charge on any atom is -0.348 e. The molecule has 0 saturated heterocycles. The molecular weight excluding hydrogens is 342 g/mol. The fourth-order valence-corrected chi connectivity index (χ4v) is 2.87. The zero-order valence-corrected chi connectivity index (χ0v) is 14.1. The highest BCUT2D eigenvalue weighted by atomic mass is 19.1. The number of nitrogens with zero attached hydrogens (tertiary/aromatic N) is 2. The highest BCUT2D eigenvalue weighted by molar-refractivity contribution is 5.94. The number of rotatable bonds is 5. The third kappa shape index (κ3) is 3.79. The van der Waals surface area contributed by atoms with Gasteiger partial charge in [0.25, 0.3) is 0 Å². The molecule has 1 atom stereocenters. The Morgan fingerprint density at radius 3 is 2.96 bits per heavy atom. The third-order valence-corrected chi connectivity index (χ3v) is 4.21. The minimum absolute atomic E-state index is 0. The van der Waals surface area contributed by atoms with Gasteiger partial charge in [0.2, 0.25) is 5.91 Å². The van der Waals surface area contributed by atoms with E-state index in [2.05, 4.69) is 15.6 Å². The summed E-state index contributed by atoms with van der Waals surface area (Å²) in [4.78, 5) is 29.8. The van der Waals surface area contributed by atoms with Crippen molar-refractivity contribution >= 4 is 17.6 Å². The van der Waals surface area contributed by atoms with Gasteiger partial charge in [0.05, 0.1) is 18.3 Å². The molecule has 8 heteroatoms. The zero-order valence-electron chi connectivity index (χ0n) is 14.1. The van der Waals surface area contributed by atoms with Crippen LogP contribution in [-0.2, 0) is 11.3 Å². The van der Waals surface area contributed by atoms with E-state index < -0.39 is 23.6 Å². The molecule has 1 aliphatic rings. The number of urea groups is 1. The van der Waals surface area contributed by atoms with E-state index in [1.165, 1.54) is 11.0 Å².